The fourth-order valence-corrected chi connectivity index (χ4v) is 5.02. The quantitative estimate of drug-likeness (QED) is 0.311. The number of anilines is 2. The third kappa shape index (κ3) is 5.24. The molecule has 3 aromatic rings. The van der Waals surface area contributed by atoms with E-state index in [0.717, 1.165) is 50.9 Å². The fourth-order valence-electron chi connectivity index (χ4n) is 4.46. The standard InChI is InChI=1S/C27H30BBrFN7/c1-26(2,3)15-33-24-16(12-31)13-32-25-21(24)10-19(11-22(25)29)34-27(28,17-4-6-18(30)7-5-17)23-14-37(36-35-23)20-8-9-20/h4-7,10-11,13-14,20,34-36H,8-9,15,28H2,1-3H3,(H,32,33). The minimum atomic E-state index is -0.712. The summed E-state index contributed by atoms with van der Waals surface area (Å²) in [5.74, 6) is -0.282. The normalized spacial score (nSPS) is 17.1. The first-order valence-electron chi connectivity index (χ1n) is 12.4. The summed E-state index contributed by atoms with van der Waals surface area (Å²) in [7, 11) is 2.07. The molecule has 0 radical (unpaired) electrons. The van der Waals surface area contributed by atoms with E-state index >= 15 is 0 Å². The number of benzene rings is 2. The van der Waals surface area contributed by atoms with Crippen LogP contribution in [0.15, 0.2) is 59.0 Å². The Morgan fingerprint density at radius 2 is 1.97 bits per heavy atom. The molecule has 37 heavy (non-hydrogen) atoms. The zero-order valence-corrected chi connectivity index (χ0v) is 23.0. The van der Waals surface area contributed by atoms with Crippen LogP contribution in [-0.4, -0.2) is 30.4 Å². The van der Waals surface area contributed by atoms with E-state index in [4.69, 9.17) is 0 Å². The van der Waals surface area contributed by atoms with E-state index < -0.39 is 5.44 Å². The van der Waals surface area contributed by atoms with Gasteiger partial charge in [-0.15, -0.1) is 5.53 Å². The van der Waals surface area contributed by atoms with Crippen molar-refractivity contribution in [2.75, 3.05) is 17.2 Å². The topological polar surface area (TPSA) is 88.0 Å². The minimum absolute atomic E-state index is 0.0254. The van der Waals surface area contributed by atoms with E-state index in [1.165, 1.54) is 12.1 Å². The van der Waals surface area contributed by atoms with Gasteiger partial charge in [0.25, 0.3) is 0 Å². The Balaban J connectivity index is 1.60. The van der Waals surface area contributed by atoms with Crippen LogP contribution in [0.2, 0.25) is 0 Å². The van der Waals surface area contributed by atoms with Crippen LogP contribution >= 0.6 is 15.9 Å². The number of nitrogens with zero attached hydrogens (tertiary/aromatic N) is 3. The Morgan fingerprint density at radius 3 is 2.62 bits per heavy atom. The summed E-state index contributed by atoms with van der Waals surface area (Å²) in [4.78, 5) is 4.56. The Labute approximate surface area is 226 Å². The van der Waals surface area contributed by atoms with Crippen LogP contribution in [0.25, 0.3) is 10.9 Å². The lowest BCUT2D eigenvalue weighted by molar-refractivity contribution is 0.260. The van der Waals surface area contributed by atoms with Crippen molar-refractivity contribution in [1.82, 2.24) is 21.0 Å². The Hall–Kier alpha value is -3.29. The lowest BCUT2D eigenvalue weighted by atomic mass is 9.69. The molecule has 2 aliphatic rings. The first-order chi connectivity index (χ1) is 17.6. The fraction of sp³-hybridized carbons (Fsp3) is 0.333. The molecule has 0 saturated heterocycles. The van der Waals surface area contributed by atoms with Gasteiger partial charge in [-0.2, -0.15) is 5.26 Å². The van der Waals surface area contributed by atoms with E-state index in [-0.39, 0.29) is 11.2 Å². The van der Waals surface area contributed by atoms with Gasteiger partial charge in [0.05, 0.1) is 27.9 Å². The second-order valence-corrected chi connectivity index (χ2v) is 12.0. The molecule has 7 nitrogen and oxygen atoms in total. The predicted molar refractivity (Wildman–Crippen MR) is 152 cm³/mol. The minimum Gasteiger partial charge on any atom is -0.383 e. The van der Waals surface area contributed by atoms with Crippen LogP contribution in [0.1, 0.15) is 44.7 Å². The first kappa shape index (κ1) is 25.4. The van der Waals surface area contributed by atoms with Crippen LogP contribution in [0.5, 0.6) is 0 Å². The smallest absolute Gasteiger partial charge is 0.148 e. The number of hydrogen-bond acceptors (Lipinski definition) is 7. The molecule has 5 rings (SSSR count). The number of aromatic nitrogens is 1. The molecule has 1 aliphatic heterocycles. The zero-order valence-electron chi connectivity index (χ0n) is 21.4. The molecule has 190 valence electrons. The second kappa shape index (κ2) is 9.55. The Kier molecular flexibility index (Phi) is 6.54. The highest BCUT2D eigenvalue weighted by Gasteiger charge is 2.38. The van der Waals surface area contributed by atoms with E-state index in [9.17, 15) is 9.65 Å². The summed E-state index contributed by atoms with van der Waals surface area (Å²) in [6, 6.07) is 13.3. The molecule has 2 heterocycles. The van der Waals surface area contributed by atoms with Crippen LogP contribution in [0, 0.1) is 22.6 Å². The monoisotopic (exact) mass is 561 g/mol. The molecule has 10 heteroatoms. The SMILES string of the molecule is BC(Nc1cc(Br)c2ncc(C#N)c(NCC(C)(C)C)c2c1)(C1=CN(C2CC2)NN1)c1ccc(F)cc1. The van der Waals surface area contributed by atoms with Gasteiger partial charge in [0, 0.05) is 40.5 Å². The first-order valence-corrected chi connectivity index (χ1v) is 13.2. The third-order valence-corrected chi connectivity index (χ3v) is 7.33. The van der Waals surface area contributed by atoms with Crippen molar-refractivity contribution in [3.63, 3.8) is 0 Å². The predicted octanol–water partition coefficient (Wildman–Crippen LogP) is 4.69. The van der Waals surface area contributed by atoms with Crippen molar-refractivity contribution in [2.24, 2.45) is 5.41 Å². The van der Waals surface area contributed by atoms with Gasteiger partial charge < -0.3 is 16.1 Å². The zero-order chi connectivity index (χ0) is 26.4. The lowest BCUT2D eigenvalue weighted by Crippen LogP contribution is -2.45. The van der Waals surface area contributed by atoms with Crippen LogP contribution in [0.4, 0.5) is 15.8 Å². The number of hydrazine groups is 2. The maximum Gasteiger partial charge on any atom is 0.148 e. The number of fused-ring (bicyclic) bond motifs is 1. The van der Waals surface area contributed by atoms with Crippen molar-refractivity contribution in [2.45, 2.75) is 45.1 Å². The molecule has 1 aromatic heterocycles. The van der Waals surface area contributed by atoms with Crippen molar-refractivity contribution >= 4 is 46.1 Å². The molecule has 0 bridgehead atoms. The van der Waals surface area contributed by atoms with Gasteiger partial charge in [0.2, 0.25) is 0 Å². The molecule has 2 aromatic carbocycles. The summed E-state index contributed by atoms with van der Waals surface area (Å²) in [6.07, 6.45) is 5.99. The Bertz CT molecular complexity index is 1410. The Morgan fingerprint density at radius 1 is 1.24 bits per heavy atom. The van der Waals surface area contributed by atoms with Gasteiger partial charge in [-0.3, -0.25) is 9.99 Å². The van der Waals surface area contributed by atoms with Crippen molar-refractivity contribution < 1.29 is 4.39 Å². The molecular formula is C27H30BBrFN7. The van der Waals surface area contributed by atoms with Crippen LogP contribution < -0.4 is 21.6 Å². The average molecular weight is 562 g/mol. The molecule has 1 saturated carbocycles. The number of nitrogens with one attached hydrogen (secondary N) is 4. The second-order valence-electron chi connectivity index (χ2n) is 11.1. The summed E-state index contributed by atoms with van der Waals surface area (Å²) in [5.41, 5.74) is 10.5. The highest BCUT2D eigenvalue weighted by molar-refractivity contribution is 9.10. The molecular weight excluding hydrogens is 532 g/mol. The molecule has 1 atom stereocenters. The maximum absolute atomic E-state index is 13.8. The van der Waals surface area contributed by atoms with Gasteiger partial charge in [0.1, 0.15) is 19.7 Å². The third-order valence-electron chi connectivity index (χ3n) is 6.72. The molecule has 1 fully saturated rings. The summed E-state index contributed by atoms with van der Waals surface area (Å²) in [5, 5.41) is 19.9. The van der Waals surface area contributed by atoms with Gasteiger partial charge in [0.15, 0.2) is 0 Å². The number of nitriles is 1. The molecule has 1 unspecified atom stereocenters. The van der Waals surface area contributed by atoms with Crippen molar-refractivity contribution in [3.05, 3.63) is 75.9 Å². The van der Waals surface area contributed by atoms with Gasteiger partial charge >= 0.3 is 0 Å². The number of hydrogen-bond donors (Lipinski definition) is 4. The number of halogens is 2. The summed E-state index contributed by atoms with van der Waals surface area (Å²) in [6.45, 7) is 7.14. The van der Waals surface area contributed by atoms with Gasteiger partial charge in [-0.25, -0.2) is 4.39 Å². The van der Waals surface area contributed by atoms with Gasteiger partial charge in [-0.05, 0) is 64.0 Å². The van der Waals surface area contributed by atoms with E-state index in [0.29, 0.717) is 18.2 Å². The lowest BCUT2D eigenvalue weighted by Gasteiger charge is -2.34. The van der Waals surface area contributed by atoms with Crippen LogP contribution in [0.3, 0.4) is 0 Å². The van der Waals surface area contributed by atoms with Gasteiger partial charge in [-0.1, -0.05) is 32.9 Å². The van der Waals surface area contributed by atoms with Crippen molar-refractivity contribution in [3.8, 4) is 6.07 Å². The number of pyridine rings is 1. The van der Waals surface area contributed by atoms with E-state index in [2.05, 4.69) is 88.4 Å². The largest absolute Gasteiger partial charge is 0.383 e. The van der Waals surface area contributed by atoms with Crippen LogP contribution in [-0.2, 0) is 5.44 Å². The number of rotatable bonds is 7. The maximum atomic E-state index is 13.8. The molecule has 4 N–H and O–H groups in total. The highest BCUT2D eigenvalue weighted by atomic mass is 79.9. The highest BCUT2D eigenvalue weighted by Crippen LogP contribution is 2.38. The summed E-state index contributed by atoms with van der Waals surface area (Å²) < 4.78 is 14.6. The van der Waals surface area contributed by atoms with E-state index in [1.54, 1.807) is 18.3 Å². The van der Waals surface area contributed by atoms with E-state index in [1.807, 2.05) is 12.1 Å². The van der Waals surface area contributed by atoms with Crippen molar-refractivity contribution in [1.29, 1.82) is 5.26 Å². The average Bonchev–Trinajstić information content (AvgIpc) is 3.58. The molecule has 0 spiro atoms. The molecule has 0 amide bonds. The molecule has 1 aliphatic carbocycles. The summed E-state index contributed by atoms with van der Waals surface area (Å²) >= 11 is 3.70.